The Labute approximate surface area is 144 Å². The Morgan fingerprint density at radius 3 is 3.12 bits per heavy atom. The molecule has 5 nitrogen and oxygen atoms in total. The van der Waals surface area contributed by atoms with E-state index in [4.69, 9.17) is 0 Å². The third-order valence-corrected chi connectivity index (χ3v) is 6.42. The zero-order valence-electron chi connectivity index (χ0n) is 13.5. The van der Waals surface area contributed by atoms with Crippen molar-refractivity contribution in [1.82, 2.24) is 15.2 Å². The molecule has 0 spiro atoms. The topological polar surface area (TPSA) is 62.3 Å². The Morgan fingerprint density at radius 2 is 2.25 bits per heavy atom. The van der Waals surface area contributed by atoms with Crippen molar-refractivity contribution in [3.8, 4) is 0 Å². The number of fused-ring (bicyclic) bond motifs is 2. The number of amides is 2. The monoisotopic (exact) mass is 341 g/mol. The largest absolute Gasteiger partial charge is 0.350 e. The van der Waals surface area contributed by atoms with E-state index in [-0.39, 0.29) is 22.7 Å². The quantitative estimate of drug-likeness (QED) is 0.930. The van der Waals surface area contributed by atoms with Crippen molar-refractivity contribution in [3.05, 3.63) is 42.1 Å². The molecule has 2 aromatic rings. The molecule has 0 bridgehead atoms. The molecular formula is C18H19N3O2S. The number of nitrogens with one attached hydrogen (secondary N) is 1. The molecule has 6 heteroatoms. The molecule has 2 aliphatic rings. The summed E-state index contributed by atoms with van der Waals surface area (Å²) in [5, 5.41) is 4.06. The Kier molecular flexibility index (Phi) is 3.72. The minimum atomic E-state index is -0.363. The number of hydrogen-bond donors (Lipinski definition) is 1. The highest BCUT2D eigenvalue weighted by Crippen LogP contribution is 2.47. The van der Waals surface area contributed by atoms with Crippen LogP contribution in [0.3, 0.4) is 0 Å². The normalized spacial score (nSPS) is 26.0. The van der Waals surface area contributed by atoms with Crippen molar-refractivity contribution < 1.29 is 9.59 Å². The maximum atomic E-state index is 12.6. The van der Waals surface area contributed by atoms with E-state index in [1.54, 1.807) is 22.9 Å². The van der Waals surface area contributed by atoms with E-state index in [1.165, 1.54) is 0 Å². The van der Waals surface area contributed by atoms with E-state index in [2.05, 4.69) is 17.2 Å². The van der Waals surface area contributed by atoms with Gasteiger partial charge in [-0.05, 0) is 25.0 Å². The second-order valence-electron chi connectivity index (χ2n) is 6.48. The van der Waals surface area contributed by atoms with Crippen LogP contribution in [-0.2, 0) is 16.1 Å². The molecule has 0 saturated carbocycles. The summed E-state index contributed by atoms with van der Waals surface area (Å²) in [7, 11) is 0. The zero-order chi connectivity index (χ0) is 16.7. The van der Waals surface area contributed by atoms with Crippen LogP contribution in [0, 0.1) is 0 Å². The summed E-state index contributed by atoms with van der Waals surface area (Å²) >= 11 is 1.71. The van der Waals surface area contributed by atoms with Gasteiger partial charge >= 0.3 is 0 Å². The predicted molar refractivity (Wildman–Crippen MR) is 94.3 cm³/mol. The molecule has 2 amide bonds. The molecular weight excluding hydrogens is 322 g/mol. The number of nitrogens with zero attached hydrogens (tertiary/aromatic N) is 2. The van der Waals surface area contributed by atoms with Gasteiger partial charge in [-0.1, -0.05) is 24.3 Å². The van der Waals surface area contributed by atoms with Crippen LogP contribution < -0.4 is 5.32 Å². The zero-order valence-corrected chi connectivity index (χ0v) is 14.3. The number of benzene rings is 1. The molecule has 1 N–H and O–H groups in total. The fourth-order valence-electron chi connectivity index (χ4n) is 3.62. The summed E-state index contributed by atoms with van der Waals surface area (Å²) < 4.78 is 0. The van der Waals surface area contributed by atoms with E-state index < -0.39 is 0 Å². The van der Waals surface area contributed by atoms with Gasteiger partial charge in [0.05, 0.1) is 10.4 Å². The smallest absolute Gasteiger partial charge is 0.243 e. The molecule has 4 rings (SSSR count). The molecule has 0 unspecified atom stereocenters. The highest BCUT2D eigenvalue weighted by Gasteiger charge is 2.52. The Morgan fingerprint density at radius 1 is 1.42 bits per heavy atom. The average molecular weight is 341 g/mol. The molecule has 2 atom stereocenters. The highest BCUT2D eigenvalue weighted by molar-refractivity contribution is 8.01. The molecule has 3 heterocycles. The van der Waals surface area contributed by atoms with Crippen LogP contribution in [0.4, 0.5) is 0 Å². The van der Waals surface area contributed by atoms with Crippen molar-refractivity contribution in [2.24, 2.45) is 0 Å². The molecule has 2 aliphatic heterocycles. The van der Waals surface area contributed by atoms with Gasteiger partial charge in [-0.25, -0.2) is 0 Å². The van der Waals surface area contributed by atoms with Crippen molar-refractivity contribution >= 4 is 34.5 Å². The first-order valence-corrected chi connectivity index (χ1v) is 9.13. The van der Waals surface area contributed by atoms with Crippen LogP contribution in [0.25, 0.3) is 10.9 Å². The van der Waals surface area contributed by atoms with Crippen LogP contribution in [-0.4, -0.2) is 38.4 Å². The first-order valence-electron chi connectivity index (χ1n) is 8.15. The summed E-state index contributed by atoms with van der Waals surface area (Å²) in [4.78, 5) is 30.8. The third-order valence-electron chi connectivity index (χ3n) is 4.92. The molecule has 0 radical (unpaired) electrons. The SMILES string of the molecule is C[C@]12CCC(=O)N1[C@@H](C(=O)NCc1cccc3cccnc13)CS2. The summed E-state index contributed by atoms with van der Waals surface area (Å²) in [6.07, 6.45) is 3.13. The van der Waals surface area contributed by atoms with Gasteiger partial charge in [0, 0.05) is 30.3 Å². The molecule has 2 saturated heterocycles. The number of rotatable bonds is 3. The molecule has 0 aliphatic carbocycles. The molecule has 24 heavy (non-hydrogen) atoms. The number of pyridine rings is 1. The standard InChI is InChI=1S/C18H19N3O2S/c1-18-8-7-15(22)21(18)14(11-24-18)17(23)20-10-13-5-2-4-12-6-3-9-19-16(12)13/h2-6,9,14H,7-8,10-11H2,1H3,(H,20,23)/t14-,18+/m1/s1. The molecule has 124 valence electrons. The van der Waals surface area contributed by atoms with E-state index >= 15 is 0 Å². The minimum Gasteiger partial charge on any atom is -0.350 e. The number of carbonyl (C=O) groups is 2. The van der Waals surface area contributed by atoms with Gasteiger partial charge in [0.15, 0.2) is 0 Å². The lowest BCUT2D eigenvalue weighted by molar-refractivity contribution is -0.138. The number of carbonyl (C=O) groups excluding carboxylic acids is 2. The van der Waals surface area contributed by atoms with E-state index in [0.717, 1.165) is 22.9 Å². The molecule has 1 aromatic heterocycles. The molecule has 2 fully saturated rings. The first kappa shape index (κ1) is 15.4. The van der Waals surface area contributed by atoms with E-state index in [9.17, 15) is 9.59 Å². The Hall–Kier alpha value is -2.08. The fraction of sp³-hybridized carbons (Fsp3) is 0.389. The summed E-state index contributed by atoms with van der Waals surface area (Å²) in [5.41, 5.74) is 1.89. The van der Waals surface area contributed by atoms with Gasteiger partial charge in [-0.2, -0.15) is 0 Å². The summed E-state index contributed by atoms with van der Waals surface area (Å²) in [6.45, 7) is 2.48. The van der Waals surface area contributed by atoms with Gasteiger partial charge < -0.3 is 10.2 Å². The van der Waals surface area contributed by atoms with Gasteiger partial charge in [-0.3, -0.25) is 14.6 Å². The highest BCUT2D eigenvalue weighted by atomic mass is 32.2. The van der Waals surface area contributed by atoms with E-state index in [0.29, 0.717) is 18.7 Å². The van der Waals surface area contributed by atoms with Crippen LogP contribution >= 0.6 is 11.8 Å². The third kappa shape index (κ3) is 2.45. The van der Waals surface area contributed by atoms with Crippen molar-refractivity contribution in [2.45, 2.75) is 37.2 Å². The number of para-hydroxylation sites is 1. The lowest BCUT2D eigenvalue weighted by Gasteiger charge is -2.29. The van der Waals surface area contributed by atoms with E-state index in [1.807, 2.05) is 30.3 Å². The van der Waals surface area contributed by atoms with Crippen LogP contribution in [0.5, 0.6) is 0 Å². The lowest BCUT2D eigenvalue weighted by atomic mass is 10.1. The van der Waals surface area contributed by atoms with Gasteiger partial charge in [0.25, 0.3) is 0 Å². The van der Waals surface area contributed by atoms with Crippen molar-refractivity contribution in [3.63, 3.8) is 0 Å². The second kappa shape index (κ2) is 5.77. The maximum Gasteiger partial charge on any atom is 0.243 e. The fourth-order valence-corrected chi connectivity index (χ4v) is 5.06. The lowest BCUT2D eigenvalue weighted by Crippen LogP contribution is -2.49. The van der Waals surface area contributed by atoms with Crippen molar-refractivity contribution in [1.29, 1.82) is 0 Å². The Balaban J connectivity index is 1.50. The predicted octanol–water partition coefficient (Wildman–Crippen LogP) is 2.30. The number of aromatic nitrogens is 1. The summed E-state index contributed by atoms with van der Waals surface area (Å²) in [5.74, 6) is 0.686. The number of thioether (sulfide) groups is 1. The average Bonchev–Trinajstić information content (AvgIpc) is 3.09. The number of hydrogen-bond acceptors (Lipinski definition) is 4. The second-order valence-corrected chi connectivity index (χ2v) is 7.98. The maximum absolute atomic E-state index is 12.6. The Bertz CT molecular complexity index is 820. The van der Waals surface area contributed by atoms with Crippen LogP contribution in [0.1, 0.15) is 25.3 Å². The molecule has 1 aromatic carbocycles. The van der Waals surface area contributed by atoms with Gasteiger partial charge in [0.1, 0.15) is 6.04 Å². The van der Waals surface area contributed by atoms with Crippen LogP contribution in [0.2, 0.25) is 0 Å². The first-order chi connectivity index (χ1) is 11.6. The van der Waals surface area contributed by atoms with Crippen molar-refractivity contribution in [2.75, 3.05) is 5.75 Å². The minimum absolute atomic E-state index is 0.0746. The van der Waals surface area contributed by atoms with Gasteiger partial charge in [-0.15, -0.1) is 11.8 Å². The van der Waals surface area contributed by atoms with Gasteiger partial charge in [0.2, 0.25) is 11.8 Å². The summed E-state index contributed by atoms with van der Waals surface area (Å²) in [6, 6.07) is 9.51. The van der Waals surface area contributed by atoms with Crippen LogP contribution in [0.15, 0.2) is 36.5 Å².